The van der Waals surface area contributed by atoms with Crippen LogP contribution in [0.25, 0.3) is 0 Å². The van der Waals surface area contributed by atoms with E-state index in [4.69, 9.17) is 9.47 Å². The van der Waals surface area contributed by atoms with Crippen LogP contribution in [0, 0.1) is 5.82 Å². The van der Waals surface area contributed by atoms with Crippen molar-refractivity contribution in [3.05, 3.63) is 65.5 Å². The third-order valence-corrected chi connectivity index (χ3v) is 5.45. The number of hydrogen-bond donors (Lipinski definition) is 1. The van der Waals surface area contributed by atoms with Crippen molar-refractivity contribution in [3.8, 4) is 5.75 Å². The van der Waals surface area contributed by atoms with Crippen LogP contribution in [0.2, 0.25) is 0 Å². The highest BCUT2D eigenvalue weighted by Crippen LogP contribution is 2.40. The van der Waals surface area contributed by atoms with Gasteiger partial charge in [-0.2, -0.15) is 0 Å². The molecule has 0 unspecified atom stereocenters. The second-order valence-corrected chi connectivity index (χ2v) is 7.09. The summed E-state index contributed by atoms with van der Waals surface area (Å²) in [4.78, 5) is 14.6. The van der Waals surface area contributed by atoms with Crippen molar-refractivity contribution in [3.63, 3.8) is 0 Å². The Bertz CT molecular complexity index is 793. The second-order valence-electron chi connectivity index (χ2n) is 7.09. The smallest absolute Gasteiger partial charge is 0.411 e. The summed E-state index contributed by atoms with van der Waals surface area (Å²) >= 11 is 0. The van der Waals surface area contributed by atoms with Crippen molar-refractivity contribution >= 4 is 6.09 Å². The van der Waals surface area contributed by atoms with E-state index in [1.165, 1.54) is 12.1 Å². The number of methoxy groups -OCH3 is 1. The maximum atomic E-state index is 13.4. The zero-order chi connectivity index (χ0) is 20.1. The first-order valence-corrected chi connectivity index (χ1v) is 9.49. The lowest BCUT2D eigenvalue weighted by atomic mass is 9.84. The third-order valence-electron chi connectivity index (χ3n) is 5.45. The first kappa shape index (κ1) is 20.1. The fourth-order valence-electron chi connectivity index (χ4n) is 3.73. The molecule has 0 aromatic heterocycles. The normalized spacial score (nSPS) is 20.6. The first-order valence-electron chi connectivity index (χ1n) is 9.49. The van der Waals surface area contributed by atoms with Gasteiger partial charge in [0.1, 0.15) is 17.2 Å². The minimum absolute atomic E-state index is 0.00641. The number of cyclic esters (lactones) is 1. The summed E-state index contributed by atoms with van der Waals surface area (Å²) in [6, 6.07) is 13.5. The molecule has 6 heteroatoms. The zero-order valence-corrected chi connectivity index (χ0v) is 16.2. The predicted octanol–water partition coefficient (Wildman–Crippen LogP) is 4.41. The van der Waals surface area contributed by atoms with Crippen molar-refractivity contribution in [1.29, 1.82) is 0 Å². The Morgan fingerprint density at radius 3 is 2.46 bits per heavy atom. The molecular weight excluding hydrogens is 361 g/mol. The number of hydrogen-bond acceptors (Lipinski definition) is 4. The maximum Gasteiger partial charge on any atom is 0.411 e. The number of aliphatic hydroxyl groups is 1. The van der Waals surface area contributed by atoms with Crippen LogP contribution in [0.5, 0.6) is 5.75 Å². The minimum Gasteiger partial charge on any atom is -0.497 e. The highest BCUT2D eigenvalue weighted by atomic mass is 19.1. The Morgan fingerprint density at radius 2 is 1.89 bits per heavy atom. The molecule has 1 aliphatic heterocycles. The van der Waals surface area contributed by atoms with Gasteiger partial charge in [0, 0.05) is 19.6 Å². The monoisotopic (exact) mass is 387 g/mol. The van der Waals surface area contributed by atoms with E-state index < -0.39 is 11.7 Å². The van der Waals surface area contributed by atoms with Gasteiger partial charge in [-0.15, -0.1) is 0 Å². The van der Waals surface area contributed by atoms with Gasteiger partial charge in [0.15, 0.2) is 0 Å². The van der Waals surface area contributed by atoms with Crippen LogP contribution in [0.15, 0.2) is 48.5 Å². The molecule has 2 aromatic carbocycles. The summed E-state index contributed by atoms with van der Waals surface area (Å²) < 4.78 is 24.5. The van der Waals surface area contributed by atoms with E-state index in [2.05, 4.69) is 0 Å². The van der Waals surface area contributed by atoms with E-state index in [0.717, 1.165) is 16.9 Å². The number of aliphatic hydroxyl groups excluding tert-OH is 1. The highest BCUT2D eigenvalue weighted by molar-refractivity contribution is 5.70. The molecule has 3 rings (SSSR count). The van der Waals surface area contributed by atoms with E-state index in [1.54, 1.807) is 24.1 Å². The van der Waals surface area contributed by atoms with Gasteiger partial charge in [-0.25, -0.2) is 9.18 Å². The standard InChI is InChI=1S/C22H26FNO4/c1-16(17-4-10-20(27-2)11-5-17)24-14-13-22(12-3-15-25,28-21(24)26)18-6-8-19(23)9-7-18/h4-11,16,25H,3,12-15H2,1-2H3/t16-,22+/m0/s1. The lowest BCUT2D eigenvalue weighted by Gasteiger charge is -2.43. The second kappa shape index (κ2) is 8.61. The van der Waals surface area contributed by atoms with Gasteiger partial charge in [-0.05, 0) is 55.2 Å². The van der Waals surface area contributed by atoms with Gasteiger partial charge in [0.05, 0.1) is 13.2 Å². The molecule has 1 N–H and O–H groups in total. The van der Waals surface area contributed by atoms with Gasteiger partial charge in [0.25, 0.3) is 0 Å². The molecule has 0 radical (unpaired) electrons. The van der Waals surface area contributed by atoms with Gasteiger partial charge in [0.2, 0.25) is 0 Å². The fourth-order valence-corrected chi connectivity index (χ4v) is 3.73. The van der Waals surface area contributed by atoms with E-state index in [1.807, 2.05) is 31.2 Å². The Balaban J connectivity index is 1.80. The van der Waals surface area contributed by atoms with E-state index in [0.29, 0.717) is 25.8 Å². The maximum absolute atomic E-state index is 13.4. The molecule has 1 fully saturated rings. The Hall–Kier alpha value is -2.60. The molecule has 1 saturated heterocycles. The number of halogens is 1. The van der Waals surface area contributed by atoms with E-state index in [9.17, 15) is 14.3 Å². The molecule has 0 bridgehead atoms. The highest BCUT2D eigenvalue weighted by Gasteiger charge is 2.43. The number of carbonyl (C=O) groups excluding carboxylic acids is 1. The number of nitrogens with zero attached hydrogens (tertiary/aromatic N) is 1. The van der Waals surface area contributed by atoms with Gasteiger partial charge < -0.3 is 19.5 Å². The van der Waals surface area contributed by atoms with Gasteiger partial charge >= 0.3 is 6.09 Å². The Labute approximate surface area is 164 Å². The average molecular weight is 387 g/mol. The van der Waals surface area contributed by atoms with Crippen LogP contribution < -0.4 is 4.74 Å². The van der Waals surface area contributed by atoms with E-state index >= 15 is 0 Å². The quantitative estimate of drug-likeness (QED) is 0.765. The summed E-state index contributed by atoms with van der Waals surface area (Å²) in [6.45, 7) is 2.48. The zero-order valence-electron chi connectivity index (χ0n) is 16.2. The van der Waals surface area contributed by atoms with Crippen LogP contribution in [-0.4, -0.2) is 36.4 Å². The lowest BCUT2D eigenvalue weighted by molar-refractivity contribution is -0.0680. The molecule has 28 heavy (non-hydrogen) atoms. The minimum atomic E-state index is -0.844. The number of benzene rings is 2. The summed E-state index contributed by atoms with van der Waals surface area (Å²) in [6.07, 6.45) is 1.16. The number of amides is 1. The van der Waals surface area contributed by atoms with Crippen molar-refractivity contribution < 1.29 is 23.8 Å². The molecule has 2 aromatic rings. The summed E-state index contributed by atoms with van der Waals surface area (Å²) in [7, 11) is 1.61. The van der Waals surface area contributed by atoms with Gasteiger partial charge in [-0.3, -0.25) is 0 Å². The van der Waals surface area contributed by atoms with Crippen molar-refractivity contribution in [2.75, 3.05) is 20.3 Å². The number of ether oxygens (including phenoxy) is 2. The summed E-state index contributed by atoms with van der Waals surface area (Å²) in [5.74, 6) is 0.425. The molecule has 2 atom stereocenters. The van der Waals surface area contributed by atoms with Crippen LogP contribution in [-0.2, 0) is 10.3 Å². The molecule has 0 saturated carbocycles. The van der Waals surface area contributed by atoms with Gasteiger partial charge in [-0.1, -0.05) is 24.3 Å². The summed E-state index contributed by atoms with van der Waals surface area (Å²) in [5, 5.41) is 9.28. The predicted molar refractivity (Wildman–Crippen MR) is 104 cm³/mol. The molecule has 1 heterocycles. The van der Waals surface area contributed by atoms with Crippen LogP contribution >= 0.6 is 0 Å². The first-order chi connectivity index (χ1) is 13.5. The molecule has 0 spiro atoms. The molecule has 5 nitrogen and oxygen atoms in total. The largest absolute Gasteiger partial charge is 0.497 e. The number of rotatable bonds is 7. The molecular formula is C22H26FNO4. The number of carbonyl (C=O) groups is 1. The lowest BCUT2D eigenvalue weighted by Crippen LogP contribution is -2.48. The SMILES string of the molecule is COc1ccc([C@H](C)N2CC[C@](CCCO)(c3ccc(F)cc3)OC2=O)cc1. The van der Waals surface area contributed by atoms with Crippen molar-refractivity contribution in [1.82, 2.24) is 4.90 Å². The van der Waals surface area contributed by atoms with Crippen LogP contribution in [0.1, 0.15) is 43.4 Å². The Kier molecular flexibility index (Phi) is 6.19. The van der Waals surface area contributed by atoms with Crippen molar-refractivity contribution in [2.45, 2.75) is 37.8 Å². The van der Waals surface area contributed by atoms with Crippen LogP contribution in [0.4, 0.5) is 9.18 Å². The fraction of sp³-hybridized carbons (Fsp3) is 0.409. The summed E-state index contributed by atoms with van der Waals surface area (Å²) in [5.41, 5.74) is 0.902. The van der Waals surface area contributed by atoms with E-state index in [-0.39, 0.29) is 18.5 Å². The molecule has 1 amide bonds. The molecule has 0 aliphatic carbocycles. The van der Waals surface area contributed by atoms with Crippen molar-refractivity contribution in [2.24, 2.45) is 0 Å². The molecule has 1 aliphatic rings. The average Bonchev–Trinajstić information content (AvgIpc) is 2.72. The topological polar surface area (TPSA) is 59.0 Å². The molecule has 150 valence electrons. The Morgan fingerprint density at radius 1 is 1.21 bits per heavy atom. The third kappa shape index (κ3) is 4.12. The van der Waals surface area contributed by atoms with Crippen LogP contribution in [0.3, 0.4) is 0 Å².